The lowest BCUT2D eigenvalue weighted by Crippen LogP contribution is -2.38. The van der Waals surface area contributed by atoms with Gasteiger partial charge in [0.15, 0.2) is 0 Å². The van der Waals surface area contributed by atoms with Crippen molar-refractivity contribution in [3.05, 3.63) is 63.9 Å². The first kappa shape index (κ1) is 21.0. The smallest absolute Gasteiger partial charge is 0.269 e. The van der Waals surface area contributed by atoms with E-state index in [1.54, 1.807) is 54.4 Å². The second-order valence-corrected chi connectivity index (χ2v) is 7.44. The first-order chi connectivity index (χ1) is 15.3. The highest BCUT2D eigenvalue weighted by Gasteiger charge is 2.25. The third kappa shape index (κ3) is 4.02. The topological polar surface area (TPSA) is 125 Å². The molecule has 10 heteroatoms. The highest BCUT2D eigenvalue weighted by atomic mass is 16.2. The molecule has 2 aromatic carbocycles. The minimum Gasteiger partial charge on any atom is -0.347 e. The molecule has 4 rings (SSSR count). The van der Waals surface area contributed by atoms with Gasteiger partial charge in [-0.2, -0.15) is 0 Å². The summed E-state index contributed by atoms with van der Waals surface area (Å²) in [5.41, 5.74) is 7.57. The molecule has 0 saturated heterocycles. The van der Waals surface area contributed by atoms with Gasteiger partial charge in [-0.1, -0.05) is 12.1 Å². The molecule has 3 amide bonds. The number of carbonyl (C=O) groups excluding carboxylic acids is 3. The highest BCUT2D eigenvalue weighted by Crippen LogP contribution is 2.29. The predicted molar refractivity (Wildman–Crippen MR) is 119 cm³/mol. The quantitative estimate of drug-likeness (QED) is 0.508. The van der Waals surface area contributed by atoms with Gasteiger partial charge >= 0.3 is 0 Å². The molecule has 164 valence electrons. The van der Waals surface area contributed by atoms with Crippen molar-refractivity contribution < 1.29 is 14.4 Å². The van der Waals surface area contributed by atoms with Crippen LogP contribution in [-0.4, -0.2) is 40.4 Å². The van der Waals surface area contributed by atoms with E-state index < -0.39 is 5.91 Å². The molecule has 1 aliphatic heterocycles. The third-order valence-electron chi connectivity index (χ3n) is 5.30. The number of nitrogens with zero attached hydrogens (tertiary/aromatic N) is 3. The molecule has 3 aromatic rings. The van der Waals surface area contributed by atoms with E-state index in [1.165, 1.54) is 11.5 Å². The summed E-state index contributed by atoms with van der Waals surface area (Å²) in [5, 5.41) is 2.99. The van der Waals surface area contributed by atoms with Gasteiger partial charge in [-0.15, -0.1) is 0 Å². The average Bonchev–Trinajstić information content (AvgIpc) is 3.22. The standard InChI is InChI=1S/C22H22N6O4/c1-13(29)23-12-19(30)28-10-9-14-11-15(7-8-18(14)28)20(31)25-26-22-24-17-6-4-3-5-16(17)21(32)27(22)2/h3-8,11H,9-10,12H2,1-2H3,(H,23,29)(H,24,26)(H,25,31). The van der Waals surface area contributed by atoms with Crippen molar-refractivity contribution in [2.75, 3.05) is 23.4 Å². The van der Waals surface area contributed by atoms with E-state index in [1.807, 2.05) is 0 Å². The molecule has 1 aliphatic rings. The van der Waals surface area contributed by atoms with Gasteiger partial charge in [-0.05, 0) is 42.3 Å². The normalized spacial score (nSPS) is 12.4. The van der Waals surface area contributed by atoms with Crippen LogP contribution in [-0.2, 0) is 23.1 Å². The van der Waals surface area contributed by atoms with Crippen molar-refractivity contribution in [2.24, 2.45) is 7.05 Å². The number of fused-ring (bicyclic) bond motifs is 2. The first-order valence-corrected chi connectivity index (χ1v) is 10.0. The Labute approximate surface area is 183 Å². The Bertz CT molecular complexity index is 1300. The van der Waals surface area contributed by atoms with Crippen molar-refractivity contribution >= 4 is 40.3 Å². The van der Waals surface area contributed by atoms with Crippen molar-refractivity contribution in [3.8, 4) is 0 Å². The number of hydrazine groups is 1. The van der Waals surface area contributed by atoms with Crippen LogP contribution in [0.3, 0.4) is 0 Å². The van der Waals surface area contributed by atoms with Crippen molar-refractivity contribution in [1.29, 1.82) is 0 Å². The van der Waals surface area contributed by atoms with Crippen LogP contribution in [0.4, 0.5) is 11.6 Å². The Hall–Kier alpha value is -4.21. The Morgan fingerprint density at radius 3 is 2.69 bits per heavy atom. The lowest BCUT2D eigenvalue weighted by atomic mass is 10.1. The number of aromatic nitrogens is 2. The lowest BCUT2D eigenvalue weighted by molar-refractivity contribution is -0.123. The van der Waals surface area contributed by atoms with Crippen LogP contribution in [0.1, 0.15) is 22.8 Å². The van der Waals surface area contributed by atoms with E-state index in [9.17, 15) is 19.2 Å². The van der Waals surface area contributed by atoms with Crippen LogP contribution >= 0.6 is 0 Å². The zero-order valence-corrected chi connectivity index (χ0v) is 17.6. The van der Waals surface area contributed by atoms with E-state index in [0.29, 0.717) is 29.4 Å². The van der Waals surface area contributed by atoms with Crippen LogP contribution in [0.15, 0.2) is 47.3 Å². The number of carbonyl (C=O) groups is 3. The minimum absolute atomic E-state index is 0.0710. The molecule has 0 saturated carbocycles. The summed E-state index contributed by atoms with van der Waals surface area (Å²) >= 11 is 0. The van der Waals surface area contributed by atoms with Crippen molar-refractivity contribution in [3.63, 3.8) is 0 Å². The van der Waals surface area contributed by atoms with Gasteiger partial charge in [0.25, 0.3) is 11.5 Å². The fraction of sp³-hybridized carbons (Fsp3) is 0.227. The van der Waals surface area contributed by atoms with Crippen LogP contribution in [0, 0.1) is 0 Å². The number of para-hydroxylation sites is 1. The van der Waals surface area contributed by atoms with Gasteiger partial charge in [-0.3, -0.25) is 34.6 Å². The SMILES string of the molecule is CC(=O)NCC(=O)N1CCc2cc(C(=O)NNc3nc4ccccc4c(=O)n3C)ccc21. The van der Waals surface area contributed by atoms with E-state index in [2.05, 4.69) is 21.2 Å². The number of benzene rings is 2. The lowest BCUT2D eigenvalue weighted by Gasteiger charge is -2.17. The van der Waals surface area contributed by atoms with Gasteiger partial charge in [0.2, 0.25) is 17.8 Å². The number of hydrogen-bond acceptors (Lipinski definition) is 6. The Balaban J connectivity index is 1.47. The molecule has 3 N–H and O–H groups in total. The second-order valence-electron chi connectivity index (χ2n) is 7.44. The van der Waals surface area contributed by atoms with Gasteiger partial charge in [0, 0.05) is 31.8 Å². The summed E-state index contributed by atoms with van der Waals surface area (Å²) in [4.78, 5) is 54.5. The summed E-state index contributed by atoms with van der Waals surface area (Å²) in [6, 6.07) is 12.0. The van der Waals surface area contributed by atoms with Crippen LogP contribution in [0.2, 0.25) is 0 Å². The molecular formula is C22H22N6O4. The largest absolute Gasteiger partial charge is 0.347 e. The van der Waals surface area contributed by atoms with Gasteiger partial charge < -0.3 is 10.2 Å². The van der Waals surface area contributed by atoms with Crippen LogP contribution in [0.25, 0.3) is 10.9 Å². The highest BCUT2D eigenvalue weighted by molar-refractivity contribution is 6.00. The van der Waals surface area contributed by atoms with Crippen molar-refractivity contribution in [1.82, 2.24) is 20.3 Å². The van der Waals surface area contributed by atoms with Crippen molar-refractivity contribution in [2.45, 2.75) is 13.3 Å². The second kappa shape index (κ2) is 8.50. The van der Waals surface area contributed by atoms with Gasteiger partial charge in [-0.25, -0.2) is 4.98 Å². The number of anilines is 2. The van der Waals surface area contributed by atoms with Crippen LogP contribution in [0.5, 0.6) is 0 Å². The zero-order valence-electron chi connectivity index (χ0n) is 17.6. The van der Waals surface area contributed by atoms with E-state index in [0.717, 1.165) is 11.3 Å². The minimum atomic E-state index is -0.404. The summed E-state index contributed by atoms with van der Waals surface area (Å²) in [5.74, 6) is -0.673. The predicted octanol–water partition coefficient (Wildman–Crippen LogP) is 0.716. The third-order valence-corrected chi connectivity index (χ3v) is 5.30. The zero-order chi connectivity index (χ0) is 22.8. The summed E-state index contributed by atoms with van der Waals surface area (Å²) in [6.07, 6.45) is 0.608. The molecule has 10 nitrogen and oxygen atoms in total. The Morgan fingerprint density at radius 2 is 1.91 bits per heavy atom. The van der Waals surface area contributed by atoms with Crippen LogP contribution < -0.4 is 26.6 Å². The Morgan fingerprint density at radius 1 is 1.12 bits per heavy atom. The molecule has 0 atom stereocenters. The van der Waals surface area contributed by atoms with E-state index >= 15 is 0 Å². The number of amides is 3. The molecule has 0 spiro atoms. The molecule has 0 fully saturated rings. The maximum absolute atomic E-state index is 12.7. The maximum atomic E-state index is 12.7. The fourth-order valence-electron chi connectivity index (χ4n) is 3.61. The molecule has 0 unspecified atom stereocenters. The van der Waals surface area contributed by atoms with E-state index in [-0.39, 0.29) is 29.9 Å². The Kier molecular flexibility index (Phi) is 5.59. The number of hydrogen-bond donors (Lipinski definition) is 3. The molecule has 0 bridgehead atoms. The molecule has 0 aliphatic carbocycles. The molecule has 32 heavy (non-hydrogen) atoms. The maximum Gasteiger partial charge on any atom is 0.269 e. The number of rotatable bonds is 5. The van der Waals surface area contributed by atoms with Gasteiger partial charge in [0.1, 0.15) is 0 Å². The summed E-state index contributed by atoms with van der Waals surface area (Å²) < 4.78 is 1.32. The fourth-order valence-corrected chi connectivity index (χ4v) is 3.61. The monoisotopic (exact) mass is 434 g/mol. The summed E-state index contributed by atoms with van der Waals surface area (Å²) in [7, 11) is 1.57. The average molecular weight is 434 g/mol. The molecule has 0 radical (unpaired) electrons. The molecule has 2 heterocycles. The van der Waals surface area contributed by atoms with E-state index in [4.69, 9.17) is 0 Å². The number of nitrogens with one attached hydrogen (secondary N) is 3. The molecular weight excluding hydrogens is 412 g/mol. The first-order valence-electron chi connectivity index (χ1n) is 10.0. The molecule has 1 aromatic heterocycles. The summed E-state index contributed by atoms with van der Waals surface area (Å²) in [6.45, 7) is 1.77. The van der Waals surface area contributed by atoms with Gasteiger partial charge in [0.05, 0.1) is 17.4 Å².